The first-order chi connectivity index (χ1) is 20.3. The lowest BCUT2D eigenvalue weighted by Gasteiger charge is -2.14. The van der Waals surface area contributed by atoms with Gasteiger partial charge in [0.25, 0.3) is 17.7 Å². The predicted molar refractivity (Wildman–Crippen MR) is 153 cm³/mol. The fourth-order valence-corrected chi connectivity index (χ4v) is 3.33. The van der Waals surface area contributed by atoms with Crippen molar-refractivity contribution in [2.45, 2.75) is 6.10 Å². The molecule has 42 heavy (non-hydrogen) atoms. The molecule has 1 unspecified atom stereocenters. The number of hydrogen-bond donors (Lipinski definition) is 8. The SMILES string of the molecule is O=C(NNC(=O)c1ccccc1O)c1ccccc1O.O=C(NNCC(O)COc1ccccc1)c1ccccc1O. The Balaban J connectivity index is 0.000000231. The fraction of sp³-hybridized carbons (Fsp3) is 0.100. The summed E-state index contributed by atoms with van der Waals surface area (Å²) in [6.07, 6.45) is -0.787. The van der Waals surface area contributed by atoms with Crippen molar-refractivity contribution in [2.24, 2.45) is 0 Å². The topological polar surface area (TPSA) is 189 Å². The Kier molecular flexibility index (Phi) is 11.7. The first-order valence-corrected chi connectivity index (χ1v) is 12.6. The maximum atomic E-state index is 11.8. The molecular weight excluding hydrogens is 544 g/mol. The van der Waals surface area contributed by atoms with Crippen molar-refractivity contribution >= 4 is 17.7 Å². The quantitative estimate of drug-likeness (QED) is 0.139. The van der Waals surface area contributed by atoms with Gasteiger partial charge in [-0.3, -0.25) is 30.7 Å². The van der Waals surface area contributed by atoms with Crippen molar-refractivity contribution in [1.29, 1.82) is 0 Å². The van der Waals surface area contributed by atoms with Gasteiger partial charge in [-0.25, -0.2) is 5.43 Å². The first kappa shape index (κ1) is 30.9. The third kappa shape index (κ3) is 9.55. The summed E-state index contributed by atoms with van der Waals surface area (Å²) in [4.78, 5) is 35.3. The fourth-order valence-electron chi connectivity index (χ4n) is 3.33. The number of aliphatic hydroxyl groups excluding tert-OH is 1. The Hall–Kier alpha value is -5.59. The minimum absolute atomic E-state index is 0.0325. The molecule has 12 heteroatoms. The van der Waals surface area contributed by atoms with E-state index < -0.39 is 23.8 Å². The number of aliphatic hydroxyl groups is 1. The van der Waals surface area contributed by atoms with E-state index in [0.29, 0.717) is 5.75 Å². The van der Waals surface area contributed by atoms with Crippen molar-refractivity contribution in [2.75, 3.05) is 13.2 Å². The molecule has 0 aliphatic heterocycles. The number of para-hydroxylation sites is 4. The number of rotatable bonds is 9. The summed E-state index contributed by atoms with van der Waals surface area (Å²) in [6.45, 7) is 0.218. The first-order valence-electron chi connectivity index (χ1n) is 12.6. The monoisotopic (exact) mass is 574 g/mol. The molecule has 3 amide bonds. The summed E-state index contributed by atoms with van der Waals surface area (Å²) in [7, 11) is 0. The Morgan fingerprint density at radius 2 is 0.952 bits per heavy atom. The summed E-state index contributed by atoms with van der Waals surface area (Å²) < 4.78 is 5.39. The van der Waals surface area contributed by atoms with Crippen molar-refractivity contribution in [3.8, 4) is 23.0 Å². The highest BCUT2D eigenvalue weighted by atomic mass is 16.5. The van der Waals surface area contributed by atoms with E-state index >= 15 is 0 Å². The summed E-state index contributed by atoms with van der Waals surface area (Å²) in [5, 5.41) is 38.3. The number of phenolic OH excluding ortho intramolecular Hbond substituents is 3. The van der Waals surface area contributed by atoms with Crippen LogP contribution in [0.3, 0.4) is 0 Å². The van der Waals surface area contributed by atoms with Gasteiger partial charge < -0.3 is 25.2 Å². The van der Waals surface area contributed by atoms with E-state index in [-0.39, 0.29) is 47.1 Å². The lowest BCUT2D eigenvalue weighted by molar-refractivity contribution is 0.0843. The van der Waals surface area contributed by atoms with Gasteiger partial charge in [-0.15, -0.1) is 0 Å². The molecule has 0 saturated carbocycles. The molecule has 0 heterocycles. The van der Waals surface area contributed by atoms with E-state index in [4.69, 9.17) is 4.74 Å². The van der Waals surface area contributed by atoms with E-state index in [0.717, 1.165) is 0 Å². The van der Waals surface area contributed by atoms with Gasteiger partial charge >= 0.3 is 0 Å². The van der Waals surface area contributed by atoms with Gasteiger partial charge in [-0.2, -0.15) is 0 Å². The van der Waals surface area contributed by atoms with Crippen LogP contribution in [0, 0.1) is 0 Å². The number of nitrogens with one attached hydrogen (secondary N) is 4. The summed E-state index contributed by atoms with van der Waals surface area (Å²) >= 11 is 0. The Morgan fingerprint density at radius 3 is 1.38 bits per heavy atom. The summed E-state index contributed by atoms with van der Waals surface area (Å²) in [5.41, 5.74) is 9.54. The van der Waals surface area contributed by atoms with Gasteiger partial charge in [0.2, 0.25) is 0 Å². The number of amides is 3. The van der Waals surface area contributed by atoms with Crippen molar-refractivity contribution in [3.05, 3.63) is 120 Å². The van der Waals surface area contributed by atoms with Gasteiger partial charge in [0.1, 0.15) is 35.7 Å². The highest BCUT2D eigenvalue weighted by molar-refractivity contribution is 6.01. The Bertz CT molecular complexity index is 1430. The average Bonchev–Trinajstić information content (AvgIpc) is 3.00. The van der Waals surface area contributed by atoms with E-state index in [1.807, 2.05) is 18.2 Å². The molecule has 12 nitrogen and oxygen atoms in total. The highest BCUT2D eigenvalue weighted by Gasteiger charge is 2.14. The third-order valence-electron chi connectivity index (χ3n) is 5.46. The summed E-state index contributed by atoms with van der Waals surface area (Å²) in [5.74, 6) is -1.62. The minimum atomic E-state index is -0.787. The van der Waals surface area contributed by atoms with E-state index in [1.54, 1.807) is 48.5 Å². The van der Waals surface area contributed by atoms with Crippen LogP contribution in [0.25, 0.3) is 0 Å². The number of hydrazine groups is 2. The minimum Gasteiger partial charge on any atom is -0.507 e. The standard InChI is InChI=1S/C16H18N2O4.C14H12N2O4/c19-12(11-22-13-6-2-1-3-7-13)10-17-18-16(21)14-8-4-5-9-15(14)20;17-11-7-3-1-5-9(11)13(19)15-16-14(20)10-6-2-4-8-12(10)18/h1-9,12,17,19-20H,10-11H2,(H,18,21);1-8,17-18H,(H,15,19)(H,16,20). The van der Waals surface area contributed by atoms with Crippen molar-refractivity contribution < 1.29 is 39.5 Å². The number of phenols is 3. The smallest absolute Gasteiger partial charge is 0.273 e. The van der Waals surface area contributed by atoms with Crippen LogP contribution in [0.5, 0.6) is 23.0 Å². The number of hydrogen-bond acceptors (Lipinski definition) is 9. The largest absolute Gasteiger partial charge is 0.507 e. The van der Waals surface area contributed by atoms with Crippen LogP contribution < -0.4 is 26.4 Å². The zero-order chi connectivity index (χ0) is 30.3. The number of carbonyl (C=O) groups excluding carboxylic acids is 3. The average molecular weight is 575 g/mol. The van der Waals surface area contributed by atoms with E-state index in [9.17, 15) is 34.8 Å². The van der Waals surface area contributed by atoms with Crippen molar-refractivity contribution in [1.82, 2.24) is 21.7 Å². The number of aromatic hydroxyl groups is 3. The molecule has 0 spiro atoms. The molecule has 4 aromatic carbocycles. The van der Waals surface area contributed by atoms with Crippen LogP contribution in [-0.2, 0) is 0 Å². The molecule has 0 aliphatic carbocycles. The van der Waals surface area contributed by atoms with Crippen LogP contribution >= 0.6 is 0 Å². The molecular formula is C30H30N4O8. The van der Waals surface area contributed by atoms with Crippen molar-refractivity contribution in [3.63, 3.8) is 0 Å². The molecule has 0 radical (unpaired) electrons. The molecule has 0 aliphatic rings. The number of ether oxygens (including phenoxy) is 1. The molecule has 0 bridgehead atoms. The maximum Gasteiger partial charge on any atom is 0.273 e. The molecule has 0 fully saturated rings. The zero-order valence-electron chi connectivity index (χ0n) is 22.2. The lowest BCUT2D eigenvalue weighted by atomic mass is 10.2. The molecule has 0 saturated heterocycles. The Morgan fingerprint density at radius 1 is 0.571 bits per heavy atom. The van der Waals surface area contributed by atoms with Crippen LogP contribution in [0.15, 0.2) is 103 Å². The van der Waals surface area contributed by atoms with Crippen LogP contribution in [0.4, 0.5) is 0 Å². The van der Waals surface area contributed by atoms with Crippen LogP contribution in [0.1, 0.15) is 31.1 Å². The molecule has 218 valence electrons. The van der Waals surface area contributed by atoms with Crippen LogP contribution in [-0.4, -0.2) is 57.4 Å². The van der Waals surface area contributed by atoms with Gasteiger partial charge in [0.05, 0.1) is 16.7 Å². The van der Waals surface area contributed by atoms with E-state index in [1.165, 1.54) is 36.4 Å². The normalized spacial score (nSPS) is 10.8. The Labute approximate surface area is 241 Å². The molecule has 8 N–H and O–H groups in total. The molecule has 4 aromatic rings. The van der Waals surface area contributed by atoms with Gasteiger partial charge in [0.15, 0.2) is 0 Å². The number of carbonyl (C=O) groups is 3. The lowest BCUT2D eigenvalue weighted by Crippen LogP contribution is -2.43. The predicted octanol–water partition coefficient (Wildman–Crippen LogP) is 2.24. The third-order valence-corrected chi connectivity index (χ3v) is 5.46. The molecule has 4 rings (SSSR count). The van der Waals surface area contributed by atoms with Gasteiger partial charge in [-0.1, -0.05) is 54.6 Å². The maximum absolute atomic E-state index is 11.8. The second kappa shape index (κ2) is 15.9. The zero-order valence-corrected chi connectivity index (χ0v) is 22.2. The van der Waals surface area contributed by atoms with E-state index in [2.05, 4.69) is 21.7 Å². The molecule has 0 aromatic heterocycles. The van der Waals surface area contributed by atoms with Crippen LogP contribution in [0.2, 0.25) is 0 Å². The van der Waals surface area contributed by atoms with Gasteiger partial charge in [0, 0.05) is 6.54 Å². The highest BCUT2D eigenvalue weighted by Crippen LogP contribution is 2.17. The second-order valence-electron chi connectivity index (χ2n) is 8.57. The molecule has 1 atom stereocenters. The second-order valence-corrected chi connectivity index (χ2v) is 8.57. The van der Waals surface area contributed by atoms with Gasteiger partial charge in [-0.05, 0) is 48.5 Å². The number of benzene rings is 4. The summed E-state index contributed by atoms with van der Waals surface area (Å²) in [6, 6.07) is 27.2.